The summed E-state index contributed by atoms with van der Waals surface area (Å²) in [5.74, 6) is 0.881. The van der Waals surface area contributed by atoms with Gasteiger partial charge in [-0.15, -0.1) is 0 Å². The van der Waals surface area contributed by atoms with Crippen molar-refractivity contribution in [1.82, 2.24) is 9.78 Å². The van der Waals surface area contributed by atoms with Crippen LogP contribution in [0.4, 0.5) is 11.4 Å². The molecular weight excluding hydrogens is 444 g/mol. The predicted molar refractivity (Wildman–Crippen MR) is 134 cm³/mol. The highest BCUT2D eigenvalue weighted by molar-refractivity contribution is 6.10. The number of hydrogen-bond acceptors (Lipinski definition) is 5. The Morgan fingerprint density at radius 3 is 2.40 bits per heavy atom. The van der Waals surface area contributed by atoms with E-state index in [0.29, 0.717) is 29.6 Å². The van der Waals surface area contributed by atoms with Crippen molar-refractivity contribution in [2.45, 2.75) is 39.8 Å². The lowest BCUT2D eigenvalue weighted by molar-refractivity contribution is 0.0992. The number of nitrogens with zero attached hydrogens (tertiary/aromatic N) is 2. The van der Waals surface area contributed by atoms with E-state index in [1.165, 1.54) is 5.56 Å². The van der Waals surface area contributed by atoms with Crippen molar-refractivity contribution in [3.8, 4) is 5.75 Å². The molecule has 0 aliphatic heterocycles. The van der Waals surface area contributed by atoms with Crippen molar-refractivity contribution in [2.24, 2.45) is 0 Å². The Morgan fingerprint density at radius 2 is 1.71 bits per heavy atom. The van der Waals surface area contributed by atoms with Crippen molar-refractivity contribution in [3.63, 3.8) is 0 Å². The highest BCUT2D eigenvalue weighted by Gasteiger charge is 2.21. The average molecular weight is 473 g/mol. The lowest BCUT2D eigenvalue weighted by Gasteiger charge is -2.08. The summed E-state index contributed by atoms with van der Waals surface area (Å²) in [6.07, 6.45) is 1.62. The minimum Gasteiger partial charge on any atom is -0.486 e. The quantitative estimate of drug-likeness (QED) is 0.325. The summed E-state index contributed by atoms with van der Waals surface area (Å²) in [6.45, 7) is 6.90. The Labute approximate surface area is 203 Å². The van der Waals surface area contributed by atoms with E-state index in [1.807, 2.05) is 49.4 Å². The number of para-hydroxylation sites is 1. The molecule has 0 fully saturated rings. The number of rotatable bonds is 9. The van der Waals surface area contributed by atoms with Gasteiger partial charge in [-0.1, -0.05) is 44.2 Å². The lowest BCUT2D eigenvalue weighted by Crippen LogP contribution is -2.17. The summed E-state index contributed by atoms with van der Waals surface area (Å²) < 4.78 is 13.0. The summed E-state index contributed by atoms with van der Waals surface area (Å²) in [7, 11) is 0. The molecular formula is C27H28N4O4. The molecule has 4 aromatic rings. The van der Waals surface area contributed by atoms with Crippen LogP contribution in [0, 0.1) is 0 Å². The molecule has 0 saturated carbocycles. The van der Waals surface area contributed by atoms with Crippen LogP contribution in [0.15, 0.2) is 77.3 Å². The molecule has 2 aromatic carbocycles. The standard InChI is InChI=1S/C27H28N4O4/c1-4-31-16-23(25(30-31)27(33)28-20-8-6-5-7-9-20)29-26(32)24-15-14-22(35-24)17-34-21-12-10-19(11-13-21)18(2)3/h5-16,18H,4,17H2,1-3H3,(H,28,33)(H,29,32). The maximum absolute atomic E-state index is 12.8. The molecule has 8 nitrogen and oxygen atoms in total. The second kappa shape index (κ2) is 10.7. The molecule has 35 heavy (non-hydrogen) atoms. The van der Waals surface area contributed by atoms with Crippen molar-refractivity contribution in [3.05, 3.63) is 95.7 Å². The zero-order chi connectivity index (χ0) is 24.8. The SMILES string of the molecule is CCn1cc(NC(=O)c2ccc(COc3ccc(C(C)C)cc3)o2)c(C(=O)Nc2ccccc2)n1. The molecule has 0 unspecified atom stereocenters. The van der Waals surface area contributed by atoms with E-state index in [4.69, 9.17) is 9.15 Å². The highest BCUT2D eigenvalue weighted by atomic mass is 16.5. The number of aromatic nitrogens is 2. The van der Waals surface area contributed by atoms with Gasteiger partial charge in [0.15, 0.2) is 11.5 Å². The maximum atomic E-state index is 12.8. The van der Waals surface area contributed by atoms with Crippen LogP contribution in [0.25, 0.3) is 0 Å². The fraction of sp³-hybridized carbons (Fsp3) is 0.222. The van der Waals surface area contributed by atoms with Gasteiger partial charge in [0.25, 0.3) is 11.8 Å². The summed E-state index contributed by atoms with van der Waals surface area (Å²) in [5.41, 5.74) is 2.28. The third kappa shape index (κ3) is 5.97. The van der Waals surface area contributed by atoms with Crippen LogP contribution < -0.4 is 15.4 Å². The Hall–Kier alpha value is -4.33. The monoisotopic (exact) mass is 472 g/mol. The molecule has 0 saturated heterocycles. The first-order chi connectivity index (χ1) is 16.9. The van der Waals surface area contributed by atoms with Crippen molar-refractivity contribution >= 4 is 23.2 Å². The number of anilines is 2. The second-order valence-corrected chi connectivity index (χ2v) is 8.30. The van der Waals surface area contributed by atoms with E-state index in [-0.39, 0.29) is 18.1 Å². The number of furan rings is 1. The van der Waals surface area contributed by atoms with Gasteiger partial charge < -0.3 is 19.8 Å². The third-order valence-electron chi connectivity index (χ3n) is 5.39. The minimum absolute atomic E-state index is 0.109. The molecule has 0 bridgehead atoms. The third-order valence-corrected chi connectivity index (χ3v) is 5.39. The van der Waals surface area contributed by atoms with Crippen LogP contribution in [0.2, 0.25) is 0 Å². The molecule has 0 atom stereocenters. The number of nitrogens with one attached hydrogen (secondary N) is 2. The first-order valence-corrected chi connectivity index (χ1v) is 11.5. The van der Waals surface area contributed by atoms with E-state index < -0.39 is 11.8 Å². The van der Waals surface area contributed by atoms with Gasteiger partial charge in [-0.3, -0.25) is 14.3 Å². The maximum Gasteiger partial charge on any atom is 0.291 e. The van der Waals surface area contributed by atoms with Gasteiger partial charge in [0.1, 0.15) is 18.1 Å². The number of benzene rings is 2. The molecule has 8 heteroatoms. The zero-order valence-electron chi connectivity index (χ0n) is 19.9. The Kier molecular flexibility index (Phi) is 7.30. The first-order valence-electron chi connectivity index (χ1n) is 11.5. The number of aryl methyl sites for hydroxylation is 1. The topological polar surface area (TPSA) is 98.4 Å². The number of amides is 2. The molecule has 0 spiro atoms. The Bertz CT molecular complexity index is 1290. The molecule has 2 amide bonds. The van der Waals surface area contributed by atoms with Crippen LogP contribution in [0.5, 0.6) is 5.75 Å². The number of hydrogen-bond donors (Lipinski definition) is 2. The van der Waals surface area contributed by atoms with Gasteiger partial charge in [-0.25, -0.2) is 0 Å². The summed E-state index contributed by atoms with van der Waals surface area (Å²) in [4.78, 5) is 25.6. The van der Waals surface area contributed by atoms with Gasteiger partial charge >= 0.3 is 0 Å². The number of ether oxygens (including phenoxy) is 1. The van der Waals surface area contributed by atoms with E-state index in [9.17, 15) is 9.59 Å². The van der Waals surface area contributed by atoms with Crippen LogP contribution >= 0.6 is 0 Å². The molecule has 4 rings (SSSR count). The Morgan fingerprint density at radius 1 is 0.971 bits per heavy atom. The van der Waals surface area contributed by atoms with E-state index >= 15 is 0 Å². The second-order valence-electron chi connectivity index (χ2n) is 8.30. The van der Waals surface area contributed by atoms with Crippen molar-refractivity contribution in [2.75, 3.05) is 10.6 Å². The molecule has 2 aromatic heterocycles. The van der Waals surface area contributed by atoms with Crippen LogP contribution in [-0.2, 0) is 13.2 Å². The molecule has 0 radical (unpaired) electrons. The van der Waals surface area contributed by atoms with Crippen LogP contribution in [0.1, 0.15) is 59.1 Å². The van der Waals surface area contributed by atoms with E-state index in [2.05, 4.69) is 29.6 Å². The van der Waals surface area contributed by atoms with Crippen LogP contribution in [-0.4, -0.2) is 21.6 Å². The fourth-order valence-corrected chi connectivity index (χ4v) is 3.42. The fourth-order valence-electron chi connectivity index (χ4n) is 3.42. The van der Waals surface area contributed by atoms with Gasteiger partial charge in [0.2, 0.25) is 0 Å². The van der Waals surface area contributed by atoms with Gasteiger partial charge in [0, 0.05) is 18.4 Å². The van der Waals surface area contributed by atoms with E-state index in [1.54, 1.807) is 35.1 Å². The average Bonchev–Trinajstić information content (AvgIpc) is 3.51. The predicted octanol–water partition coefficient (Wildman–Crippen LogP) is 5.70. The lowest BCUT2D eigenvalue weighted by atomic mass is 10.0. The van der Waals surface area contributed by atoms with Gasteiger partial charge in [0.05, 0.1) is 5.69 Å². The smallest absolute Gasteiger partial charge is 0.291 e. The largest absolute Gasteiger partial charge is 0.486 e. The number of carbonyl (C=O) groups is 2. The van der Waals surface area contributed by atoms with E-state index in [0.717, 1.165) is 5.75 Å². The number of carbonyl (C=O) groups excluding carboxylic acids is 2. The zero-order valence-corrected chi connectivity index (χ0v) is 19.9. The minimum atomic E-state index is -0.484. The molecule has 0 aliphatic carbocycles. The normalized spacial score (nSPS) is 10.9. The van der Waals surface area contributed by atoms with Crippen molar-refractivity contribution in [1.29, 1.82) is 0 Å². The summed E-state index contributed by atoms with van der Waals surface area (Å²) in [6, 6.07) is 20.2. The highest BCUT2D eigenvalue weighted by Crippen LogP contribution is 2.21. The summed E-state index contributed by atoms with van der Waals surface area (Å²) >= 11 is 0. The molecule has 0 aliphatic rings. The Balaban J connectivity index is 1.41. The molecule has 2 heterocycles. The molecule has 2 N–H and O–H groups in total. The van der Waals surface area contributed by atoms with Crippen molar-refractivity contribution < 1.29 is 18.7 Å². The van der Waals surface area contributed by atoms with Gasteiger partial charge in [-0.2, -0.15) is 5.10 Å². The van der Waals surface area contributed by atoms with Gasteiger partial charge in [-0.05, 0) is 54.8 Å². The molecule has 180 valence electrons. The van der Waals surface area contributed by atoms with Crippen LogP contribution in [0.3, 0.4) is 0 Å². The first kappa shape index (κ1) is 23.8. The summed E-state index contributed by atoms with van der Waals surface area (Å²) in [5, 5.41) is 9.82.